The predicted molar refractivity (Wildman–Crippen MR) is 315 cm³/mol. The average molecular weight is 1180 g/mol. The van der Waals surface area contributed by atoms with E-state index >= 15 is 0 Å². The molecule has 5 heterocycles. The van der Waals surface area contributed by atoms with Gasteiger partial charge < -0.3 is 13.9 Å². The van der Waals surface area contributed by atoms with Crippen LogP contribution in [0.25, 0.3) is 54.8 Å². The molecule has 0 fully saturated rings. The van der Waals surface area contributed by atoms with E-state index in [1.165, 1.54) is 47.3 Å². The number of nitrogens with zero attached hydrogens (tertiary/aromatic N) is 5. The van der Waals surface area contributed by atoms with Gasteiger partial charge in [-0.3, -0.25) is 4.98 Å². The monoisotopic (exact) mass is 1180 g/mol. The number of fused-ring (bicyclic) bond motifs is 12. The largest absolute Gasteiger partial charge is 2.00 e. The Morgan fingerprint density at radius 2 is 1.03 bits per heavy atom. The van der Waals surface area contributed by atoms with Crippen LogP contribution in [0.4, 0.5) is 17.2 Å². The zero-order valence-corrected chi connectivity index (χ0v) is 45.3. The first-order chi connectivity index (χ1) is 37.2. The van der Waals surface area contributed by atoms with Gasteiger partial charge in [-0.05, 0) is 72.9 Å². The first kappa shape index (κ1) is 45.9. The van der Waals surface area contributed by atoms with Crippen LogP contribution in [0.15, 0.2) is 273 Å². The summed E-state index contributed by atoms with van der Waals surface area (Å²) in [5, 5.41) is 15.5. The summed E-state index contributed by atoms with van der Waals surface area (Å²) < 4.78 is 4.64. The molecule has 0 saturated heterocycles. The molecule has 0 bridgehead atoms. The van der Waals surface area contributed by atoms with E-state index in [4.69, 9.17) is 9.97 Å². The summed E-state index contributed by atoms with van der Waals surface area (Å²) in [6.07, 6.45) is 5.94. The van der Waals surface area contributed by atoms with Crippen LogP contribution in [0.3, 0.4) is 0 Å². The first-order valence-electron chi connectivity index (χ1n) is 25.6. The molecule has 1 aliphatic rings. The molecule has 5 nitrogen and oxygen atoms in total. The number of imidazole rings is 1. The van der Waals surface area contributed by atoms with Crippen molar-refractivity contribution in [1.82, 2.24) is 18.9 Å². The van der Waals surface area contributed by atoms with Crippen LogP contribution in [-0.4, -0.2) is 35.1 Å². The number of anilines is 3. The molecular formula is C68H45N5PtSi2. The molecule has 14 aromatic rings. The number of hydrogen-bond acceptors (Lipinski definition) is 3. The minimum absolute atomic E-state index is 0. The summed E-state index contributed by atoms with van der Waals surface area (Å²) in [4.78, 5) is 13.0. The second kappa shape index (κ2) is 18.3. The van der Waals surface area contributed by atoms with Crippen molar-refractivity contribution in [1.29, 1.82) is 0 Å². The number of pyridine rings is 2. The minimum atomic E-state index is -3.29. The van der Waals surface area contributed by atoms with E-state index < -0.39 is 16.1 Å². The van der Waals surface area contributed by atoms with E-state index in [-0.39, 0.29) is 21.1 Å². The van der Waals surface area contributed by atoms with Gasteiger partial charge in [-0.1, -0.05) is 199 Å². The van der Waals surface area contributed by atoms with Crippen LogP contribution in [0.5, 0.6) is 0 Å². The Bertz CT molecular complexity index is 4410. The fourth-order valence-electron chi connectivity index (χ4n) is 12.8. The van der Waals surface area contributed by atoms with Gasteiger partial charge in [-0.25, -0.2) is 4.98 Å². The van der Waals surface area contributed by atoms with E-state index in [1.807, 2.05) is 12.4 Å². The summed E-state index contributed by atoms with van der Waals surface area (Å²) in [5.74, 6) is 0.916. The van der Waals surface area contributed by atoms with Crippen molar-refractivity contribution >= 4 is 124 Å². The number of benzene rings is 10. The Labute approximate surface area is 456 Å². The van der Waals surface area contributed by atoms with Crippen LogP contribution < -0.4 is 46.4 Å². The van der Waals surface area contributed by atoms with Crippen molar-refractivity contribution in [2.24, 2.45) is 0 Å². The molecule has 0 radical (unpaired) electrons. The quantitative estimate of drug-likeness (QED) is 0.0659. The van der Waals surface area contributed by atoms with Gasteiger partial charge >= 0.3 is 21.1 Å². The standard InChI is InChI=1S/C68H45N5Si2.Pt/c1-6-22-48(23-7-1)72-61-37-19-17-35-58(61)65-62(72)41-42-63-66(65)73(68-64(38-21-43-69-68)75(63,52-29-12-4-13-30-52)53-31-14-5-15-32-53)49-24-20-33-54(46-49)74(50-25-8-2-9-26-50,51-27-10-3-11-28-51)55-39-40-56-57-34-16-18-36-60(57)71-45-44-70-67(71)59(56)47-55;/h1-45H;/q-2;+2. The molecule has 0 amide bonds. The van der Waals surface area contributed by atoms with Crippen molar-refractivity contribution < 1.29 is 21.1 Å². The normalized spacial score (nSPS) is 13.0. The molecule has 1 aliphatic heterocycles. The fourth-order valence-corrected chi connectivity index (χ4v) is 22.4. The molecule has 0 atom stereocenters. The summed E-state index contributed by atoms with van der Waals surface area (Å²) in [6.45, 7) is 0. The number of rotatable bonds is 8. The number of para-hydroxylation sites is 3. The molecule has 360 valence electrons. The minimum Gasteiger partial charge on any atom is -0.340 e. The molecule has 4 aromatic heterocycles. The topological polar surface area (TPSA) is 38.4 Å². The van der Waals surface area contributed by atoms with E-state index in [0.717, 1.165) is 66.2 Å². The van der Waals surface area contributed by atoms with Gasteiger partial charge in [0.2, 0.25) is 0 Å². The van der Waals surface area contributed by atoms with Crippen molar-refractivity contribution in [3.63, 3.8) is 0 Å². The van der Waals surface area contributed by atoms with Gasteiger partial charge in [0.15, 0.2) is 8.07 Å². The van der Waals surface area contributed by atoms with Crippen LogP contribution >= 0.6 is 0 Å². The van der Waals surface area contributed by atoms with Gasteiger partial charge in [-0.2, -0.15) is 23.4 Å². The second-order valence-electron chi connectivity index (χ2n) is 19.5. The SMILES string of the molecule is [Pt+2].[c-]1c(N2c3ncccc3[Si](c3ccccc3)(c3ccccc3)c3ccc4c(c32)c2ccccc2n4-c2ccccc2)cccc1[Si](c1[c-]c2c(cc1)c1ccccc1n1ccnc21)(c1ccccc1)c1ccccc1. The second-order valence-corrected chi connectivity index (χ2v) is 26.9. The Morgan fingerprint density at radius 1 is 0.421 bits per heavy atom. The Morgan fingerprint density at radius 3 is 1.72 bits per heavy atom. The van der Waals surface area contributed by atoms with Crippen molar-refractivity contribution in [2.45, 2.75) is 0 Å². The summed E-state index contributed by atoms with van der Waals surface area (Å²) in [6, 6.07) is 102. The van der Waals surface area contributed by atoms with E-state index in [9.17, 15) is 0 Å². The van der Waals surface area contributed by atoms with Gasteiger partial charge in [0.1, 0.15) is 13.9 Å². The first-order valence-corrected chi connectivity index (χ1v) is 29.6. The average Bonchev–Trinajstić information content (AvgIpc) is 4.29. The van der Waals surface area contributed by atoms with E-state index in [0.29, 0.717) is 0 Å². The molecule has 0 spiro atoms. The van der Waals surface area contributed by atoms with Gasteiger partial charge in [0.05, 0.1) is 22.4 Å². The zero-order chi connectivity index (χ0) is 49.5. The molecule has 10 aromatic carbocycles. The predicted octanol–water partition coefficient (Wildman–Crippen LogP) is 10.3. The van der Waals surface area contributed by atoms with Crippen molar-refractivity contribution in [3.05, 3.63) is 286 Å². The third-order valence-corrected chi connectivity index (χ3v) is 25.2. The van der Waals surface area contributed by atoms with Crippen LogP contribution in [0, 0.1) is 12.1 Å². The maximum Gasteiger partial charge on any atom is 2.00 e. The van der Waals surface area contributed by atoms with Crippen LogP contribution in [0.2, 0.25) is 0 Å². The summed E-state index contributed by atoms with van der Waals surface area (Å²) >= 11 is 0. The number of hydrogen-bond donors (Lipinski definition) is 0. The third kappa shape index (κ3) is 6.59. The van der Waals surface area contributed by atoms with Crippen molar-refractivity contribution in [2.75, 3.05) is 4.90 Å². The Kier molecular flexibility index (Phi) is 11.0. The molecule has 0 N–H and O–H groups in total. The van der Waals surface area contributed by atoms with E-state index in [2.05, 4.69) is 287 Å². The fraction of sp³-hybridized carbons (Fsp3) is 0. The maximum atomic E-state index is 5.55. The third-order valence-electron chi connectivity index (χ3n) is 15.8. The molecule has 0 unspecified atom stereocenters. The Balaban J connectivity index is 0.00000528. The van der Waals surface area contributed by atoms with Crippen molar-refractivity contribution in [3.8, 4) is 5.69 Å². The summed E-state index contributed by atoms with van der Waals surface area (Å²) in [5.41, 5.74) is 7.46. The molecule has 76 heavy (non-hydrogen) atoms. The van der Waals surface area contributed by atoms with Gasteiger partial charge in [0.25, 0.3) is 0 Å². The molecule has 8 heteroatoms. The van der Waals surface area contributed by atoms with Crippen LogP contribution in [0.1, 0.15) is 0 Å². The number of aromatic nitrogens is 4. The van der Waals surface area contributed by atoms with Gasteiger partial charge in [0, 0.05) is 40.6 Å². The van der Waals surface area contributed by atoms with Crippen LogP contribution in [-0.2, 0) is 21.1 Å². The van der Waals surface area contributed by atoms with E-state index in [1.54, 1.807) is 0 Å². The molecular weight excluding hydrogens is 1140 g/mol. The Hall–Kier alpha value is -8.72. The zero-order valence-electron chi connectivity index (χ0n) is 41.0. The maximum absolute atomic E-state index is 5.55. The van der Waals surface area contributed by atoms with Gasteiger partial charge in [-0.15, -0.1) is 34.8 Å². The molecule has 0 aliphatic carbocycles. The molecule has 0 saturated carbocycles. The summed E-state index contributed by atoms with van der Waals surface area (Å²) in [7, 11) is -6.42. The smallest absolute Gasteiger partial charge is 0.340 e. The molecule has 15 rings (SSSR count).